The summed E-state index contributed by atoms with van der Waals surface area (Å²) in [5, 5.41) is 4.71. The van der Waals surface area contributed by atoms with Gasteiger partial charge in [-0.15, -0.1) is 0 Å². The van der Waals surface area contributed by atoms with Crippen molar-refractivity contribution in [2.45, 2.75) is 12.7 Å². The molecule has 0 aliphatic carbocycles. The lowest BCUT2D eigenvalue weighted by Gasteiger charge is -2.11. The van der Waals surface area contributed by atoms with Crippen molar-refractivity contribution in [3.8, 4) is 0 Å². The summed E-state index contributed by atoms with van der Waals surface area (Å²) in [6.07, 6.45) is 0. The van der Waals surface area contributed by atoms with E-state index >= 15 is 0 Å². The first-order valence-electron chi connectivity index (χ1n) is 6.53. The van der Waals surface area contributed by atoms with Crippen LogP contribution < -0.4 is 5.32 Å². The predicted molar refractivity (Wildman–Crippen MR) is 89.5 cm³/mol. The molecular weight excluding hydrogens is 354 g/mol. The molecule has 0 atom stereocenters. The SMILES string of the molecule is CCS(=O)(=O)Cc1cccc2c(NC(=O)CBr)cccc12. The largest absolute Gasteiger partial charge is 0.325 e. The Morgan fingerprint density at radius 1 is 1.14 bits per heavy atom. The summed E-state index contributed by atoms with van der Waals surface area (Å²) in [6.45, 7) is 1.64. The Morgan fingerprint density at radius 3 is 2.48 bits per heavy atom. The fraction of sp³-hybridized carbons (Fsp3) is 0.267. The first-order chi connectivity index (χ1) is 9.96. The fourth-order valence-electron chi connectivity index (χ4n) is 2.13. The molecule has 2 aromatic rings. The highest BCUT2D eigenvalue weighted by Gasteiger charge is 2.13. The second-order valence-corrected chi connectivity index (χ2v) is 7.59. The van der Waals surface area contributed by atoms with E-state index in [1.165, 1.54) is 0 Å². The van der Waals surface area contributed by atoms with E-state index in [4.69, 9.17) is 0 Å². The first-order valence-corrected chi connectivity index (χ1v) is 9.48. The summed E-state index contributed by atoms with van der Waals surface area (Å²) in [4.78, 5) is 11.5. The minimum Gasteiger partial charge on any atom is -0.325 e. The molecule has 1 amide bonds. The number of hydrogen-bond acceptors (Lipinski definition) is 3. The van der Waals surface area contributed by atoms with Gasteiger partial charge in [-0.1, -0.05) is 53.2 Å². The fourth-order valence-corrected chi connectivity index (χ4v) is 3.20. The number of alkyl halides is 1. The molecule has 0 saturated carbocycles. The van der Waals surface area contributed by atoms with E-state index in [0.717, 1.165) is 16.3 Å². The molecule has 6 heteroatoms. The highest BCUT2D eigenvalue weighted by Crippen LogP contribution is 2.27. The van der Waals surface area contributed by atoms with Gasteiger partial charge >= 0.3 is 0 Å². The summed E-state index contributed by atoms with van der Waals surface area (Å²) in [7, 11) is -3.10. The van der Waals surface area contributed by atoms with Crippen LogP contribution in [0.25, 0.3) is 10.8 Å². The van der Waals surface area contributed by atoms with Crippen LogP contribution in [0.4, 0.5) is 5.69 Å². The lowest BCUT2D eigenvalue weighted by Crippen LogP contribution is -2.12. The summed E-state index contributed by atoms with van der Waals surface area (Å²) in [5.41, 5.74) is 1.44. The van der Waals surface area contributed by atoms with Crippen LogP contribution in [-0.4, -0.2) is 25.4 Å². The maximum atomic E-state index is 11.8. The van der Waals surface area contributed by atoms with Crippen LogP contribution in [0.1, 0.15) is 12.5 Å². The van der Waals surface area contributed by atoms with Gasteiger partial charge in [0.2, 0.25) is 5.91 Å². The number of nitrogens with one attached hydrogen (secondary N) is 1. The highest BCUT2D eigenvalue weighted by atomic mass is 79.9. The molecule has 2 rings (SSSR count). The van der Waals surface area contributed by atoms with Gasteiger partial charge in [-0.25, -0.2) is 8.42 Å². The standard InChI is InChI=1S/C15H16BrNO3S/c1-2-21(19,20)10-11-5-3-7-13-12(11)6-4-8-14(13)17-15(18)9-16/h3-8H,2,9-10H2,1H3,(H,17,18). The van der Waals surface area contributed by atoms with Crippen molar-refractivity contribution in [2.75, 3.05) is 16.4 Å². The summed E-state index contributed by atoms with van der Waals surface area (Å²) >= 11 is 3.11. The number of sulfone groups is 1. The Hall–Kier alpha value is -1.40. The average molecular weight is 370 g/mol. The topological polar surface area (TPSA) is 63.2 Å². The van der Waals surface area contributed by atoms with E-state index in [0.29, 0.717) is 5.69 Å². The van der Waals surface area contributed by atoms with Gasteiger partial charge in [0.15, 0.2) is 9.84 Å². The van der Waals surface area contributed by atoms with E-state index in [1.54, 1.807) is 13.0 Å². The number of halogens is 1. The van der Waals surface area contributed by atoms with Crippen molar-refractivity contribution in [2.24, 2.45) is 0 Å². The zero-order valence-corrected chi connectivity index (χ0v) is 14.0. The Kier molecular flexibility index (Phi) is 5.00. The second-order valence-electron chi connectivity index (χ2n) is 4.68. The number of carbonyl (C=O) groups excluding carboxylic acids is 1. The number of fused-ring (bicyclic) bond motifs is 1. The summed E-state index contributed by atoms with van der Waals surface area (Å²) in [6, 6.07) is 11.0. The molecule has 0 spiro atoms. The molecule has 0 unspecified atom stereocenters. The Balaban J connectivity index is 2.51. The number of carbonyl (C=O) groups is 1. The van der Waals surface area contributed by atoms with Gasteiger partial charge in [-0.3, -0.25) is 4.79 Å². The first kappa shape index (κ1) is 16.0. The molecule has 0 saturated heterocycles. The van der Waals surface area contributed by atoms with Crippen LogP contribution in [0.15, 0.2) is 36.4 Å². The molecule has 1 N–H and O–H groups in total. The molecule has 0 radical (unpaired) electrons. The molecule has 21 heavy (non-hydrogen) atoms. The molecule has 112 valence electrons. The normalized spacial score (nSPS) is 11.5. The molecule has 0 fully saturated rings. The van der Waals surface area contributed by atoms with Crippen LogP contribution >= 0.6 is 15.9 Å². The summed E-state index contributed by atoms with van der Waals surface area (Å²) in [5.74, 6) is -0.0193. The molecule has 4 nitrogen and oxygen atoms in total. The van der Waals surface area contributed by atoms with E-state index in [-0.39, 0.29) is 22.7 Å². The van der Waals surface area contributed by atoms with E-state index in [1.807, 2.05) is 30.3 Å². The lowest BCUT2D eigenvalue weighted by molar-refractivity contribution is -0.113. The number of amides is 1. The van der Waals surface area contributed by atoms with Crippen molar-refractivity contribution in [1.82, 2.24) is 0 Å². The van der Waals surface area contributed by atoms with Crippen LogP contribution in [-0.2, 0) is 20.4 Å². The van der Waals surface area contributed by atoms with E-state index in [2.05, 4.69) is 21.2 Å². The maximum Gasteiger partial charge on any atom is 0.235 e. The number of anilines is 1. The molecule has 0 heterocycles. The molecule has 0 aliphatic heterocycles. The van der Waals surface area contributed by atoms with Crippen LogP contribution in [0.3, 0.4) is 0 Å². The van der Waals surface area contributed by atoms with E-state index < -0.39 is 9.84 Å². The van der Waals surface area contributed by atoms with Gasteiger partial charge in [0.1, 0.15) is 0 Å². The second kappa shape index (κ2) is 6.58. The summed E-state index contributed by atoms with van der Waals surface area (Å²) < 4.78 is 23.7. The zero-order valence-electron chi connectivity index (χ0n) is 11.6. The Bertz CT molecular complexity index is 772. The third kappa shape index (κ3) is 3.83. The smallest absolute Gasteiger partial charge is 0.235 e. The molecule has 2 aromatic carbocycles. The quantitative estimate of drug-likeness (QED) is 0.823. The zero-order chi connectivity index (χ0) is 15.5. The third-order valence-electron chi connectivity index (χ3n) is 3.22. The van der Waals surface area contributed by atoms with Crippen molar-refractivity contribution in [1.29, 1.82) is 0 Å². The highest BCUT2D eigenvalue weighted by molar-refractivity contribution is 9.09. The van der Waals surface area contributed by atoms with Crippen LogP contribution in [0, 0.1) is 0 Å². The monoisotopic (exact) mass is 369 g/mol. The van der Waals surface area contributed by atoms with Crippen molar-refractivity contribution >= 4 is 48.1 Å². The Labute approximate surface area is 132 Å². The van der Waals surface area contributed by atoms with E-state index in [9.17, 15) is 13.2 Å². The van der Waals surface area contributed by atoms with Gasteiger partial charge in [0.05, 0.1) is 11.1 Å². The predicted octanol–water partition coefficient (Wildman–Crippen LogP) is 3.11. The molecular formula is C15H16BrNO3S. The number of rotatable bonds is 5. The van der Waals surface area contributed by atoms with Gasteiger partial charge in [-0.2, -0.15) is 0 Å². The Morgan fingerprint density at radius 2 is 1.81 bits per heavy atom. The minimum absolute atomic E-state index is 0.0106. The van der Waals surface area contributed by atoms with Gasteiger partial charge < -0.3 is 5.32 Å². The molecule has 0 aliphatic rings. The molecule has 0 aromatic heterocycles. The molecule has 0 bridgehead atoms. The van der Waals surface area contributed by atoms with Crippen molar-refractivity contribution < 1.29 is 13.2 Å². The third-order valence-corrected chi connectivity index (χ3v) is 5.36. The van der Waals surface area contributed by atoms with Gasteiger partial charge in [0, 0.05) is 16.8 Å². The number of hydrogen-bond donors (Lipinski definition) is 1. The average Bonchev–Trinajstić information content (AvgIpc) is 2.48. The lowest BCUT2D eigenvalue weighted by atomic mass is 10.0. The minimum atomic E-state index is -3.10. The van der Waals surface area contributed by atoms with Gasteiger partial charge in [-0.05, 0) is 17.0 Å². The van der Waals surface area contributed by atoms with Crippen LogP contribution in [0.2, 0.25) is 0 Å². The number of benzene rings is 2. The van der Waals surface area contributed by atoms with Crippen molar-refractivity contribution in [3.05, 3.63) is 42.0 Å². The maximum absolute atomic E-state index is 11.8. The van der Waals surface area contributed by atoms with Crippen LogP contribution in [0.5, 0.6) is 0 Å². The van der Waals surface area contributed by atoms with Crippen molar-refractivity contribution in [3.63, 3.8) is 0 Å². The van der Waals surface area contributed by atoms with Gasteiger partial charge in [0.25, 0.3) is 0 Å².